The molecular formula is C24H30O3. The number of hydrogen-bond acceptors (Lipinski definition) is 3. The van der Waals surface area contributed by atoms with Crippen LogP contribution in [0.1, 0.15) is 58.8 Å². The zero-order chi connectivity index (χ0) is 18.8. The first-order valence-corrected chi connectivity index (χ1v) is 11.0. The lowest BCUT2D eigenvalue weighted by Gasteiger charge is -2.60. The van der Waals surface area contributed by atoms with Gasteiger partial charge in [-0.25, -0.2) is 0 Å². The second-order valence-corrected chi connectivity index (χ2v) is 10.9. The number of rotatable bonds is 3. The largest absolute Gasteiger partial charge is 0.389 e. The molecule has 4 saturated carbocycles. The SMILES string of the molecule is CC12CCC(=O)C=C1C1C=C1C1C2CCC2(C)C1C1CC1C2(O)CCC=O. The number of allylic oxidation sites excluding steroid dienone is 3. The van der Waals surface area contributed by atoms with Crippen LogP contribution in [0, 0.1) is 46.3 Å². The number of carbonyl (C=O) groups excluding carboxylic acids is 2. The van der Waals surface area contributed by atoms with E-state index in [-0.39, 0.29) is 10.8 Å². The fourth-order valence-electron chi connectivity index (χ4n) is 8.69. The molecule has 9 atom stereocenters. The van der Waals surface area contributed by atoms with Gasteiger partial charge in [0.15, 0.2) is 5.78 Å². The predicted molar refractivity (Wildman–Crippen MR) is 102 cm³/mol. The maximum absolute atomic E-state index is 12.1. The molecule has 144 valence electrons. The molecule has 0 bridgehead atoms. The van der Waals surface area contributed by atoms with Crippen LogP contribution in [-0.2, 0) is 9.59 Å². The molecule has 9 unspecified atom stereocenters. The molecular weight excluding hydrogens is 336 g/mol. The second kappa shape index (κ2) is 4.84. The van der Waals surface area contributed by atoms with Crippen LogP contribution in [0.15, 0.2) is 23.3 Å². The molecule has 0 radical (unpaired) electrons. The lowest BCUT2D eigenvalue weighted by molar-refractivity contribution is -0.144. The van der Waals surface area contributed by atoms with Gasteiger partial charge >= 0.3 is 0 Å². The van der Waals surface area contributed by atoms with Crippen LogP contribution < -0.4 is 0 Å². The second-order valence-electron chi connectivity index (χ2n) is 10.9. The van der Waals surface area contributed by atoms with Crippen molar-refractivity contribution in [3.63, 3.8) is 0 Å². The maximum atomic E-state index is 12.1. The van der Waals surface area contributed by atoms with Gasteiger partial charge in [0.2, 0.25) is 0 Å². The van der Waals surface area contributed by atoms with Crippen LogP contribution in [-0.4, -0.2) is 22.8 Å². The number of fused-ring (bicyclic) bond motifs is 10. The van der Waals surface area contributed by atoms with Gasteiger partial charge < -0.3 is 9.90 Å². The van der Waals surface area contributed by atoms with Crippen LogP contribution in [0.4, 0.5) is 0 Å². The number of hydrogen-bond donors (Lipinski definition) is 1. The molecule has 0 aromatic rings. The number of aliphatic hydroxyl groups is 1. The molecule has 4 fully saturated rings. The number of carbonyl (C=O) groups is 2. The van der Waals surface area contributed by atoms with E-state index < -0.39 is 5.60 Å². The fourth-order valence-corrected chi connectivity index (χ4v) is 8.69. The van der Waals surface area contributed by atoms with Crippen LogP contribution in [0.5, 0.6) is 0 Å². The molecule has 27 heavy (non-hydrogen) atoms. The van der Waals surface area contributed by atoms with Crippen molar-refractivity contribution in [2.45, 2.75) is 64.4 Å². The third-order valence-corrected chi connectivity index (χ3v) is 10.1. The van der Waals surface area contributed by atoms with E-state index >= 15 is 0 Å². The summed E-state index contributed by atoms with van der Waals surface area (Å²) in [4.78, 5) is 23.1. The molecule has 0 amide bonds. The van der Waals surface area contributed by atoms with Gasteiger partial charge in [0.05, 0.1) is 5.60 Å². The summed E-state index contributed by atoms with van der Waals surface area (Å²) >= 11 is 0. The molecule has 1 N–H and O–H groups in total. The van der Waals surface area contributed by atoms with Crippen LogP contribution >= 0.6 is 0 Å². The molecule has 6 aliphatic carbocycles. The normalized spacial score (nSPS) is 56.6. The minimum Gasteiger partial charge on any atom is -0.389 e. The van der Waals surface area contributed by atoms with Crippen molar-refractivity contribution in [3.8, 4) is 0 Å². The zero-order valence-corrected chi connectivity index (χ0v) is 16.4. The smallest absolute Gasteiger partial charge is 0.155 e. The molecule has 3 heteroatoms. The van der Waals surface area contributed by atoms with Crippen LogP contribution in [0.2, 0.25) is 0 Å². The Labute approximate surface area is 161 Å². The van der Waals surface area contributed by atoms with Gasteiger partial charge in [-0.15, -0.1) is 0 Å². The Bertz CT molecular complexity index is 823. The molecule has 3 nitrogen and oxygen atoms in total. The highest BCUT2D eigenvalue weighted by atomic mass is 16.3. The van der Waals surface area contributed by atoms with Crippen molar-refractivity contribution in [1.82, 2.24) is 0 Å². The van der Waals surface area contributed by atoms with Crippen LogP contribution in [0.25, 0.3) is 0 Å². The lowest BCUT2D eigenvalue weighted by Crippen LogP contribution is -2.57. The first-order chi connectivity index (χ1) is 12.8. The summed E-state index contributed by atoms with van der Waals surface area (Å²) in [7, 11) is 0. The van der Waals surface area contributed by atoms with Gasteiger partial charge in [-0.2, -0.15) is 0 Å². The number of aldehydes is 1. The zero-order valence-electron chi connectivity index (χ0n) is 16.4. The highest BCUT2D eigenvalue weighted by molar-refractivity contribution is 5.92. The molecule has 6 aliphatic rings. The Balaban J connectivity index is 1.41. The maximum Gasteiger partial charge on any atom is 0.155 e. The standard InChI is InChI=1S/C24H30O3/c1-22-7-4-13(26)10-18(22)14-11-15(14)20-17(22)5-8-23(2)21(20)16-12-19(16)24(23,27)6-3-9-25/h9-11,14,16-17,19-21,27H,3-8,12H2,1-2H3. The number of ketones is 1. The van der Waals surface area contributed by atoms with E-state index in [4.69, 9.17) is 0 Å². The Morgan fingerprint density at radius 3 is 2.85 bits per heavy atom. The molecule has 0 spiro atoms. The van der Waals surface area contributed by atoms with E-state index in [1.165, 1.54) is 5.57 Å². The highest BCUT2D eigenvalue weighted by Gasteiger charge is 2.77. The van der Waals surface area contributed by atoms with Gasteiger partial charge in [0.1, 0.15) is 6.29 Å². The summed E-state index contributed by atoms with van der Waals surface area (Å²) in [5.74, 6) is 3.56. The monoisotopic (exact) mass is 366 g/mol. The minimum atomic E-state index is -0.654. The Morgan fingerprint density at radius 2 is 2.07 bits per heavy atom. The molecule has 0 aromatic carbocycles. The van der Waals surface area contributed by atoms with Crippen LogP contribution in [0.3, 0.4) is 0 Å². The quantitative estimate of drug-likeness (QED) is 0.609. The lowest BCUT2D eigenvalue weighted by atomic mass is 9.45. The summed E-state index contributed by atoms with van der Waals surface area (Å²) in [6.45, 7) is 4.76. The van der Waals surface area contributed by atoms with Crippen molar-refractivity contribution < 1.29 is 14.7 Å². The van der Waals surface area contributed by atoms with E-state index in [0.717, 1.165) is 32.0 Å². The highest BCUT2D eigenvalue weighted by Crippen LogP contribution is 2.79. The van der Waals surface area contributed by atoms with Gasteiger partial charge in [0.25, 0.3) is 0 Å². The van der Waals surface area contributed by atoms with Crippen molar-refractivity contribution in [1.29, 1.82) is 0 Å². The van der Waals surface area contributed by atoms with Gasteiger partial charge in [-0.05, 0) is 78.8 Å². The van der Waals surface area contributed by atoms with Crippen molar-refractivity contribution in [2.75, 3.05) is 0 Å². The molecule has 0 aliphatic heterocycles. The summed E-state index contributed by atoms with van der Waals surface area (Å²) in [5, 5.41) is 11.8. The van der Waals surface area contributed by atoms with Gasteiger partial charge in [-0.3, -0.25) is 4.79 Å². The molecule has 6 rings (SSSR count). The molecule has 0 aromatic heterocycles. The molecule has 0 heterocycles. The average Bonchev–Trinajstić information content (AvgIpc) is 3.53. The Hall–Kier alpha value is -1.22. The third kappa shape index (κ3) is 1.79. The van der Waals surface area contributed by atoms with Gasteiger partial charge in [-0.1, -0.05) is 25.5 Å². The topological polar surface area (TPSA) is 54.4 Å². The van der Waals surface area contributed by atoms with E-state index in [9.17, 15) is 14.7 Å². The van der Waals surface area contributed by atoms with E-state index in [2.05, 4.69) is 19.9 Å². The van der Waals surface area contributed by atoms with Gasteiger partial charge in [0, 0.05) is 24.2 Å². The average molecular weight is 367 g/mol. The van der Waals surface area contributed by atoms with E-state index in [0.29, 0.717) is 60.6 Å². The molecule has 0 saturated heterocycles. The van der Waals surface area contributed by atoms with Crippen molar-refractivity contribution in [3.05, 3.63) is 23.3 Å². The summed E-state index contributed by atoms with van der Waals surface area (Å²) in [6, 6.07) is 0. The fraction of sp³-hybridized carbons (Fsp3) is 0.750. The first kappa shape index (κ1) is 16.7. The first-order valence-electron chi connectivity index (χ1n) is 11.0. The van der Waals surface area contributed by atoms with Crippen molar-refractivity contribution >= 4 is 12.1 Å². The van der Waals surface area contributed by atoms with E-state index in [1.54, 1.807) is 5.57 Å². The minimum absolute atomic E-state index is 0.0548. The predicted octanol–water partition coefficient (Wildman–Crippen LogP) is 3.86. The summed E-state index contributed by atoms with van der Waals surface area (Å²) < 4.78 is 0. The third-order valence-electron chi connectivity index (χ3n) is 10.1. The Kier molecular flexibility index (Phi) is 3.00. The summed E-state index contributed by atoms with van der Waals surface area (Å²) in [6.07, 6.45) is 11.6. The summed E-state index contributed by atoms with van der Waals surface area (Å²) in [5.41, 5.74) is 2.44. The van der Waals surface area contributed by atoms with E-state index in [1.807, 2.05) is 6.08 Å². The van der Waals surface area contributed by atoms with Crippen molar-refractivity contribution in [2.24, 2.45) is 46.3 Å². The Morgan fingerprint density at radius 1 is 1.26 bits per heavy atom.